The van der Waals surface area contributed by atoms with Crippen molar-refractivity contribution in [3.8, 4) is 0 Å². The Balaban J connectivity index is 2.30. The minimum Gasteiger partial charge on any atom is -0.294 e. The standard InChI is InChI=1S/C13H9F3N2O/c14-13(15,16)11-3-6-18-8-10(11)12(19)7-9-1-4-17-5-2-9/h1-6,8H,7H2. The number of aromatic nitrogens is 2. The maximum absolute atomic E-state index is 12.8. The topological polar surface area (TPSA) is 42.9 Å². The summed E-state index contributed by atoms with van der Waals surface area (Å²) in [4.78, 5) is 19.3. The fourth-order valence-electron chi connectivity index (χ4n) is 1.65. The predicted octanol–water partition coefficient (Wildman–Crippen LogP) is 2.92. The third-order valence-electron chi connectivity index (χ3n) is 2.54. The van der Waals surface area contributed by atoms with Crippen LogP contribution in [0.5, 0.6) is 0 Å². The van der Waals surface area contributed by atoms with E-state index >= 15 is 0 Å². The highest BCUT2D eigenvalue weighted by Crippen LogP contribution is 2.31. The fourth-order valence-corrected chi connectivity index (χ4v) is 1.65. The highest BCUT2D eigenvalue weighted by atomic mass is 19.4. The second kappa shape index (κ2) is 5.17. The van der Waals surface area contributed by atoms with Crippen LogP contribution in [0.1, 0.15) is 21.5 Å². The van der Waals surface area contributed by atoms with Gasteiger partial charge in [-0.05, 0) is 23.8 Å². The van der Waals surface area contributed by atoms with Crippen LogP contribution in [-0.2, 0) is 12.6 Å². The largest absolute Gasteiger partial charge is 0.417 e. The summed E-state index contributed by atoms with van der Waals surface area (Å²) in [6.45, 7) is 0. The van der Waals surface area contributed by atoms with Gasteiger partial charge in [-0.25, -0.2) is 0 Å². The minimum atomic E-state index is -4.56. The van der Waals surface area contributed by atoms with Crippen LogP contribution in [0.2, 0.25) is 0 Å². The Morgan fingerprint density at radius 3 is 2.32 bits per heavy atom. The van der Waals surface area contributed by atoms with Crippen LogP contribution < -0.4 is 0 Å². The van der Waals surface area contributed by atoms with Gasteiger partial charge in [-0.15, -0.1) is 0 Å². The molecule has 2 aromatic heterocycles. The quantitative estimate of drug-likeness (QED) is 0.802. The smallest absolute Gasteiger partial charge is 0.294 e. The Morgan fingerprint density at radius 1 is 1.05 bits per heavy atom. The Labute approximate surface area is 107 Å². The SMILES string of the molecule is O=C(Cc1ccncc1)c1cnccc1C(F)(F)F. The van der Waals surface area contributed by atoms with Crippen molar-refractivity contribution in [2.45, 2.75) is 12.6 Å². The van der Waals surface area contributed by atoms with Gasteiger partial charge in [0.1, 0.15) is 0 Å². The van der Waals surface area contributed by atoms with Gasteiger partial charge in [0.25, 0.3) is 0 Å². The van der Waals surface area contributed by atoms with E-state index in [2.05, 4.69) is 9.97 Å². The number of carbonyl (C=O) groups is 1. The number of nitrogens with zero attached hydrogens (tertiary/aromatic N) is 2. The summed E-state index contributed by atoms with van der Waals surface area (Å²) in [5.41, 5.74) is -0.759. The molecule has 0 aliphatic rings. The maximum atomic E-state index is 12.8. The van der Waals surface area contributed by atoms with Crippen molar-refractivity contribution in [1.29, 1.82) is 0 Å². The molecule has 0 N–H and O–H groups in total. The van der Waals surface area contributed by atoms with Crippen LogP contribution in [0, 0.1) is 0 Å². The third kappa shape index (κ3) is 3.15. The van der Waals surface area contributed by atoms with Gasteiger partial charge in [0.2, 0.25) is 0 Å². The third-order valence-corrected chi connectivity index (χ3v) is 2.54. The molecule has 0 aromatic carbocycles. The molecular weight excluding hydrogens is 257 g/mol. The Hall–Kier alpha value is -2.24. The van der Waals surface area contributed by atoms with Gasteiger partial charge in [-0.1, -0.05) is 0 Å². The molecule has 2 rings (SSSR count). The first-order valence-electron chi connectivity index (χ1n) is 5.42. The van der Waals surface area contributed by atoms with E-state index in [1.54, 1.807) is 12.1 Å². The minimum absolute atomic E-state index is 0.114. The Bertz CT molecular complexity index is 582. The molecule has 0 atom stereocenters. The first-order valence-corrected chi connectivity index (χ1v) is 5.42. The van der Waals surface area contributed by atoms with Crippen LogP contribution in [0.15, 0.2) is 43.0 Å². The van der Waals surface area contributed by atoms with E-state index in [1.165, 1.54) is 12.4 Å². The number of Topliss-reactive ketones (excluding diaryl/α,β-unsaturated/α-hetero) is 1. The number of carbonyl (C=O) groups excluding carboxylic acids is 1. The molecule has 0 aliphatic heterocycles. The lowest BCUT2D eigenvalue weighted by molar-refractivity contribution is -0.138. The van der Waals surface area contributed by atoms with Gasteiger partial charge >= 0.3 is 6.18 Å². The van der Waals surface area contributed by atoms with Crippen molar-refractivity contribution >= 4 is 5.78 Å². The Kier molecular flexibility index (Phi) is 3.59. The van der Waals surface area contributed by atoms with Gasteiger partial charge in [-0.3, -0.25) is 14.8 Å². The number of hydrogen-bond acceptors (Lipinski definition) is 3. The van der Waals surface area contributed by atoms with Crippen molar-refractivity contribution in [1.82, 2.24) is 9.97 Å². The van der Waals surface area contributed by atoms with Crippen molar-refractivity contribution < 1.29 is 18.0 Å². The lowest BCUT2D eigenvalue weighted by Crippen LogP contribution is -2.15. The number of hydrogen-bond donors (Lipinski definition) is 0. The second-order valence-electron chi connectivity index (χ2n) is 3.87. The van der Waals surface area contributed by atoms with Gasteiger partial charge in [0.05, 0.1) is 5.56 Å². The molecule has 98 valence electrons. The van der Waals surface area contributed by atoms with Crippen LogP contribution in [0.25, 0.3) is 0 Å². The zero-order chi connectivity index (χ0) is 13.9. The van der Waals surface area contributed by atoms with Gasteiger partial charge in [0.15, 0.2) is 5.78 Å². The monoisotopic (exact) mass is 266 g/mol. The predicted molar refractivity (Wildman–Crippen MR) is 61.5 cm³/mol. The summed E-state index contributed by atoms with van der Waals surface area (Å²) in [5, 5.41) is 0. The molecule has 0 radical (unpaired) electrons. The first kappa shape index (κ1) is 13.2. The van der Waals surface area contributed by atoms with Crippen molar-refractivity contribution in [3.63, 3.8) is 0 Å². The molecular formula is C13H9F3N2O. The second-order valence-corrected chi connectivity index (χ2v) is 3.87. The van der Waals surface area contributed by atoms with Crippen LogP contribution in [0.4, 0.5) is 13.2 Å². The normalized spacial score (nSPS) is 11.3. The number of alkyl halides is 3. The molecule has 0 bridgehead atoms. The van der Waals surface area contributed by atoms with Crippen molar-refractivity contribution in [2.75, 3.05) is 0 Å². The summed E-state index contributed by atoms with van der Waals surface area (Å²) in [5.74, 6) is -0.619. The maximum Gasteiger partial charge on any atom is 0.417 e. The number of halogens is 3. The Morgan fingerprint density at radius 2 is 1.68 bits per heavy atom. The summed E-state index contributed by atoms with van der Waals surface area (Å²) in [6.07, 6.45) is 0.259. The summed E-state index contributed by atoms with van der Waals surface area (Å²) in [7, 11) is 0. The van der Waals surface area contributed by atoms with E-state index in [0.717, 1.165) is 18.5 Å². The molecule has 0 fully saturated rings. The summed E-state index contributed by atoms with van der Waals surface area (Å²) in [6, 6.07) is 3.98. The number of ketones is 1. The van der Waals surface area contributed by atoms with Gasteiger partial charge in [-0.2, -0.15) is 13.2 Å². The number of rotatable bonds is 3. The molecule has 0 saturated heterocycles. The molecule has 3 nitrogen and oxygen atoms in total. The average molecular weight is 266 g/mol. The van der Waals surface area contributed by atoms with Gasteiger partial charge < -0.3 is 0 Å². The zero-order valence-electron chi connectivity index (χ0n) is 9.69. The highest BCUT2D eigenvalue weighted by molar-refractivity contribution is 5.98. The number of pyridine rings is 2. The average Bonchev–Trinajstić information content (AvgIpc) is 2.39. The first-order chi connectivity index (χ1) is 8.98. The van der Waals surface area contributed by atoms with E-state index in [-0.39, 0.29) is 6.42 Å². The zero-order valence-corrected chi connectivity index (χ0v) is 9.69. The summed E-state index contributed by atoms with van der Waals surface area (Å²) >= 11 is 0. The fraction of sp³-hybridized carbons (Fsp3) is 0.154. The lowest BCUT2D eigenvalue weighted by Gasteiger charge is -2.11. The van der Waals surface area contributed by atoms with E-state index in [0.29, 0.717) is 5.56 Å². The lowest BCUT2D eigenvalue weighted by atomic mass is 10.0. The van der Waals surface area contributed by atoms with Crippen molar-refractivity contribution in [2.24, 2.45) is 0 Å². The molecule has 0 aliphatic carbocycles. The van der Waals surface area contributed by atoms with E-state index in [4.69, 9.17) is 0 Å². The molecule has 2 heterocycles. The molecule has 6 heteroatoms. The summed E-state index contributed by atoms with van der Waals surface area (Å²) < 4.78 is 38.3. The van der Waals surface area contributed by atoms with Crippen molar-refractivity contribution in [3.05, 3.63) is 59.7 Å². The van der Waals surface area contributed by atoms with Crippen LogP contribution in [0.3, 0.4) is 0 Å². The van der Waals surface area contributed by atoms with Crippen LogP contribution in [-0.4, -0.2) is 15.8 Å². The van der Waals surface area contributed by atoms with E-state index in [9.17, 15) is 18.0 Å². The van der Waals surface area contributed by atoms with E-state index < -0.39 is 23.1 Å². The highest BCUT2D eigenvalue weighted by Gasteiger charge is 2.34. The molecule has 0 saturated carbocycles. The van der Waals surface area contributed by atoms with E-state index in [1.807, 2.05) is 0 Å². The van der Waals surface area contributed by atoms with Gasteiger partial charge in [0, 0.05) is 36.8 Å². The molecule has 0 amide bonds. The molecule has 0 spiro atoms. The molecule has 0 unspecified atom stereocenters. The van der Waals surface area contributed by atoms with Crippen LogP contribution >= 0.6 is 0 Å². The molecule has 2 aromatic rings. The molecule has 19 heavy (non-hydrogen) atoms.